The van der Waals surface area contributed by atoms with E-state index in [4.69, 9.17) is 9.47 Å². The van der Waals surface area contributed by atoms with Crippen LogP contribution < -0.4 is 0 Å². The maximum Gasteiger partial charge on any atom is 0.328 e. The molecular formula is C15H19NO5. The van der Waals surface area contributed by atoms with E-state index in [0.29, 0.717) is 44.5 Å². The summed E-state index contributed by atoms with van der Waals surface area (Å²) in [4.78, 5) is 11.7. The number of carbonyl (C=O) groups is 1. The molecule has 114 valence electrons. The average Bonchev–Trinajstić information content (AvgIpc) is 2.83. The number of hydrogen-bond acceptors (Lipinski definition) is 5. The van der Waals surface area contributed by atoms with Gasteiger partial charge in [-0.15, -0.1) is 0 Å². The van der Waals surface area contributed by atoms with Gasteiger partial charge in [-0.1, -0.05) is 6.08 Å². The summed E-state index contributed by atoms with van der Waals surface area (Å²) in [6, 6.07) is 2.00. The van der Waals surface area contributed by atoms with Crippen LogP contribution in [0.1, 0.15) is 32.1 Å². The van der Waals surface area contributed by atoms with Crippen molar-refractivity contribution in [2.45, 2.75) is 44.0 Å². The molecule has 21 heavy (non-hydrogen) atoms. The topological polar surface area (TPSA) is 99.8 Å². The largest absolute Gasteiger partial charge is 0.480 e. The van der Waals surface area contributed by atoms with E-state index in [2.05, 4.69) is 0 Å². The number of rotatable bonds is 1. The Morgan fingerprint density at radius 1 is 1.43 bits per heavy atom. The molecule has 0 aromatic heterocycles. The van der Waals surface area contributed by atoms with Gasteiger partial charge in [0.25, 0.3) is 0 Å². The Morgan fingerprint density at radius 3 is 2.76 bits per heavy atom. The van der Waals surface area contributed by atoms with E-state index in [0.717, 1.165) is 0 Å². The van der Waals surface area contributed by atoms with Gasteiger partial charge in [0.2, 0.25) is 0 Å². The highest BCUT2D eigenvalue weighted by atomic mass is 16.7. The van der Waals surface area contributed by atoms with E-state index in [-0.39, 0.29) is 12.3 Å². The van der Waals surface area contributed by atoms with Crippen LogP contribution >= 0.6 is 0 Å². The van der Waals surface area contributed by atoms with Gasteiger partial charge in [-0.2, -0.15) is 5.26 Å². The first-order valence-electron chi connectivity index (χ1n) is 7.32. The Balaban J connectivity index is 2.01. The van der Waals surface area contributed by atoms with Crippen molar-refractivity contribution in [1.82, 2.24) is 0 Å². The summed E-state index contributed by atoms with van der Waals surface area (Å²) in [5.74, 6) is -2.01. The molecule has 0 aromatic carbocycles. The van der Waals surface area contributed by atoms with Crippen LogP contribution in [-0.4, -0.2) is 41.3 Å². The number of nitrogens with zero attached hydrogens (tertiary/aromatic N) is 1. The van der Waals surface area contributed by atoms with Crippen LogP contribution in [-0.2, 0) is 14.3 Å². The van der Waals surface area contributed by atoms with Crippen LogP contribution in [0.5, 0.6) is 0 Å². The number of aliphatic hydroxyl groups is 1. The summed E-state index contributed by atoms with van der Waals surface area (Å²) >= 11 is 0. The van der Waals surface area contributed by atoms with E-state index in [9.17, 15) is 20.3 Å². The fourth-order valence-electron chi connectivity index (χ4n) is 3.84. The van der Waals surface area contributed by atoms with Gasteiger partial charge in [0.05, 0.1) is 25.4 Å². The molecule has 6 heteroatoms. The van der Waals surface area contributed by atoms with Crippen molar-refractivity contribution >= 4 is 5.97 Å². The van der Waals surface area contributed by atoms with Gasteiger partial charge < -0.3 is 19.7 Å². The molecule has 3 aliphatic rings. The molecule has 0 bridgehead atoms. The van der Waals surface area contributed by atoms with Gasteiger partial charge in [-0.05, 0) is 30.8 Å². The van der Waals surface area contributed by atoms with Gasteiger partial charge in [0.1, 0.15) is 0 Å². The van der Waals surface area contributed by atoms with Crippen LogP contribution in [0, 0.1) is 22.7 Å². The third kappa shape index (κ3) is 2.26. The van der Waals surface area contributed by atoms with E-state index >= 15 is 0 Å². The monoisotopic (exact) mass is 293 g/mol. The van der Waals surface area contributed by atoms with E-state index in [1.54, 1.807) is 6.08 Å². The van der Waals surface area contributed by atoms with E-state index in [1.807, 2.05) is 6.07 Å². The SMILES string of the molecule is N#C[C@@]1(C(=O)O)CC[C@H](O)CC2CC3(CC=C21)OCCO3. The van der Waals surface area contributed by atoms with Crippen LogP contribution in [0.2, 0.25) is 0 Å². The Morgan fingerprint density at radius 2 is 2.14 bits per heavy atom. The lowest BCUT2D eigenvalue weighted by Gasteiger charge is -2.39. The fraction of sp³-hybridized carbons (Fsp3) is 0.733. The minimum absolute atomic E-state index is 0.150. The summed E-state index contributed by atoms with van der Waals surface area (Å²) in [5.41, 5.74) is -0.902. The molecule has 1 heterocycles. The molecule has 3 atom stereocenters. The molecule has 1 unspecified atom stereocenters. The molecule has 0 amide bonds. The summed E-state index contributed by atoms with van der Waals surface area (Å²) in [5, 5.41) is 29.1. The lowest BCUT2D eigenvalue weighted by atomic mass is 9.69. The van der Waals surface area contributed by atoms with E-state index in [1.165, 1.54) is 0 Å². The fourth-order valence-corrected chi connectivity index (χ4v) is 3.84. The van der Waals surface area contributed by atoms with Crippen LogP contribution in [0.15, 0.2) is 11.6 Å². The molecule has 1 saturated carbocycles. The van der Waals surface area contributed by atoms with Crippen LogP contribution in [0.4, 0.5) is 0 Å². The minimum atomic E-state index is -1.53. The number of nitriles is 1. The molecule has 1 aliphatic heterocycles. The molecule has 0 radical (unpaired) electrons. The Kier molecular flexibility index (Phi) is 3.52. The van der Waals surface area contributed by atoms with Gasteiger partial charge in [0, 0.05) is 12.8 Å². The molecule has 2 fully saturated rings. The number of aliphatic hydroxyl groups excluding tert-OH is 1. The average molecular weight is 293 g/mol. The number of ether oxygens (including phenoxy) is 2. The molecular weight excluding hydrogens is 274 g/mol. The van der Waals surface area contributed by atoms with Crippen molar-refractivity contribution in [3.8, 4) is 6.07 Å². The summed E-state index contributed by atoms with van der Waals surface area (Å²) < 4.78 is 11.4. The first-order chi connectivity index (χ1) is 10.0. The second-order valence-electron chi connectivity index (χ2n) is 6.12. The third-order valence-electron chi connectivity index (χ3n) is 4.90. The molecule has 2 N–H and O–H groups in total. The van der Waals surface area contributed by atoms with Crippen LogP contribution in [0.25, 0.3) is 0 Å². The minimum Gasteiger partial charge on any atom is -0.480 e. The summed E-state index contributed by atoms with van der Waals surface area (Å²) in [7, 11) is 0. The second kappa shape index (κ2) is 5.09. The van der Waals surface area contributed by atoms with Crippen molar-refractivity contribution < 1.29 is 24.5 Å². The molecule has 1 saturated heterocycles. The first kappa shape index (κ1) is 14.5. The van der Waals surface area contributed by atoms with Crippen molar-refractivity contribution in [1.29, 1.82) is 5.26 Å². The second-order valence-corrected chi connectivity index (χ2v) is 6.12. The number of fused-ring (bicyclic) bond motifs is 1. The Bertz CT molecular complexity index is 517. The molecule has 2 aliphatic carbocycles. The Labute approximate surface area is 123 Å². The lowest BCUT2D eigenvalue weighted by molar-refractivity contribution is -0.171. The maximum atomic E-state index is 11.7. The highest BCUT2D eigenvalue weighted by Crippen LogP contribution is 2.50. The third-order valence-corrected chi connectivity index (χ3v) is 4.90. The predicted molar refractivity (Wildman–Crippen MR) is 71.0 cm³/mol. The number of aliphatic carboxylic acids is 1. The molecule has 3 rings (SSSR count). The lowest BCUT2D eigenvalue weighted by Crippen LogP contribution is -2.41. The molecule has 6 nitrogen and oxygen atoms in total. The summed E-state index contributed by atoms with van der Waals surface area (Å²) in [6.45, 7) is 1.06. The predicted octanol–water partition coefficient (Wildman–Crippen LogP) is 1.21. The number of carboxylic acids is 1. The highest BCUT2D eigenvalue weighted by Gasteiger charge is 2.52. The van der Waals surface area contributed by atoms with Crippen molar-refractivity contribution in [2.24, 2.45) is 11.3 Å². The maximum absolute atomic E-state index is 11.7. The standard InChI is InChI=1S/C15H19NO5/c16-9-14(13(18)19)3-1-11(17)7-10-8-15(4-2-12(10)14)20-5-6-21-15/h2,10-11,17H,1,3-8H2,(H,18,19)/t10?,11-,14-/m0/s1. The van der Waals surface area contributed by atoms with Gasteiger partial charge in [-0.3, -0.25) is 4.79 Å². The quantitative estimate of drug-likeness (QED) is 0.705. The van der Waals surface area contributed by atoms with Crippen molar-refractivity contribution in [3.05, 3.63) is 11.6 Å². The zero-order valence-electron chi connectivity index (χ0n) is 11.7. The van der Waals surface area contributed by atoms with E-state index < -0.39 is 23.3 Å². The first-order valence-corrected chi connectivity index (χ1v) is 7.32. The smallest absolute Gasteiger partial charge is 0.328 e. The van der Waals surface area contributed by atoms with Crippen molar-refractivity contribution in [2.75, 3.05) is 13.2 Å². The zero-order chi connectivity index (χ0) is 15.1. The van der Waals surface area contributed by atoms with Crippen molar-refractivity contribution in [3.63, 3.8) is 0 Å². The highest BCUT2D eigenvalue weighted by molar-refractivity contribution is 5.82. The van der Waals surface area contributed by atoms with Gasteiger partial charge in [0.15, 0.2) is 11.2 Å². The van der Waals surface area contributed by atoms with Gasteiger partial charge in [-0.25, -0.2) is 0 Å². The normalized spacial score (nSPS) is 38.2. The van der Waals surface area contributed by atoms with Gasteiger partial charge >= 0.3 is 5.97 Å². The molecule has 1 spiro atoms. The number of hydrogen-bond donors (Lipinski definition) is 2. The molecule has 0 aromatic rings. The Hall–Kier alpha value is -1.42. The van der Waals surface area contributed by atoms with Crippen LogP contribution in [0.3, 0.4) is 0 Å². The number of carboxylic acid groups (broad SMARTS) is 1. The summed E-state index contributed by atoms with van der Waals surface area (Å²) in [6.07, 6.45) is 3.10. The zero-order valence-corrected chi connectivity index (χ0v) is 11.7.